The first kappa shape index (κ1) is 13.8. The number of aromatic nitrogens is 1. The summed E-state index contributed by atoms with van der Waals surface area (Å²) >= 11 is 6.04. The van der Waals surface area contributed by atoms with Crippen molar-refractivity contribution in [3.05, 3.63) is 22.8 Å². The van der Waals surface area contributed by atoms with Gasteiger partial charge in [-0.05, 0) is 18.9 Å². The van der Waals surface area contributed by atoms with Gasteiger partial charge in [-0.15, -0.1) is 0 Å². The van der Waals surface area contributed by atoms with Crippen LogP contribution in [0, 0.1) is 11.3 Å². The molecule has 0 spiro atoms. The SMILES string of the molecule is CCC(N)(CC)CNc1nccc(C#N)c1Cl. The number of nitriles is 1. The Morgan fingerprint density at radius 3 is 2.71 bits per heavy atom. The maximum atomic E-state index is 8.85. The van der Waals surface area contributed by atoms with Gasteiger partial charge >= 0.3 is 0 Å². The molecule has 0 radical (unpaired) electrons. The fraction of sp³-hybridized carbons (Fsp3) is 0.500. The van der Waals surface area contributed by atoms with Gasteiger partial charge in [-0.2, -0.15) is 5.26 Å². The van der Waals surface area contributed by atoms with E-state index >= 15 is 0 Å². The Labute approximate surface area is 107 Å². The third-order valence-corrected chi connectivity index (χ3v) is 3.41. The van der Waals surface area contributed by atoms with Crippen molar-refractivity contribution in [3.63, 3.8) is 0 Å². The predicted octanol–water partition coefficient (Wildman–Crippen LogP) is 2.54. The number of hydrogen-bond donors (Lipinski definition) is 2. The molecule has 0 aliphatic rings. The molecule has 1 aromatic rings. The van der Waals surface area contributed by atoms with E-state index in [1.165, 1.54) is 0 Å². The largest absolute Gasteiger partial charge is 0.367 e. The number of nitrogens with two attached hydrogens (primary N) is 1. The van der Waals surface area contributed by atoms with Crippen LogP contribution in [0.2, 0.25) is 5.02 Å². The number of anilines is 1. The van der Waals surface area contributed by atoms with Crippen LogP contribution < -0.4 is 11.1 Å². The molecule has 4 nitrogen and oxygen atoms in total. The van der Waals surface area contributed by atoms with Gasteiger partial charge in [0.25, 0.3) is 0 Å². The first-order valence-electron chi connectivity index (χ1n) is 5.63. The van der Waals surface area contributed by atoms with Crippen molar-refractivity contribution in [2.45, 2.75) is 32.2 Å². The minimum absolute atomic E-state index is 0.270. The van der Waals surface area contributed by atoms with E-state index in [4.69, 9.17) is 22.6 Å². The second kappa shape index (κ2) is 5.85. The van der Waals surface area contributed by atoms with Gasteiger partial charge < -0.3 is 11.1 Å². The van der Waals surface area contributed by atoms with Crippen LogP contribution in [-0.4, -0.2) is 17.1 Å². The summed E-state index contributed by atoms with van der Waals surface area (Å²) in [7, 11) is 0. The molecule has 0 unspecified atom stereocenters. The van der Waals surface area contributed by atoms with E-state index < -0.39 is 0 Å². The highest BCUT2D eigenvalue weighted by Crippen LogP contribution is 2.23. The Kier molecular flexibility index (Phi) is 4.73. The predicted molar refractivity (Wildman–Crippen MR) is 70.0 cm³/mol. The zero-order chi connectivity index (χ0) is 12.9. The van der Waals surface area contributed by atoms with Gasteiger partial charge in [-0.25, -0.2) is 4.98 Å². The van der Waals surface area contributed by atoms with Crippen molar-refractivity contribution in [2.24, 2.45) is 5.73 Å². The third kappa shape index (κ3) is 3.32. The van der Waals surface area contributed by atoms with Crippen molar-refractivity contribution in [1.29, 1.82) is 5.26 Å². The van der Waals surface area contributed by atoms with E-state index in [-0.39, 0.29) is 5.54 Å². The molecule has 0 amide bonds. The van der Waals surface area contributed by atoms with Gasteiger partial charge in [0, 0.05) is 18.3 Å². The van der Waals surface area contributed by atoms with Crippen molar-refractivity contribution in [3.8, 4) is 6.07 Å². The summed E-state index contributed by atoms with van der Waals surface area (Å²) in [6.07, 6.45) is 3.29. The Balaban J connectivity index is 2.80. The van der Waals surface area contributed by atoms with Crippen LogP contribution >= 0.6 is 11.6 Å². The summed E-state index contributed by atoms with van der Waals surface area (Å²) in [5, 5.41) is 12.3. The first-order valence-corrected chi connectivity index (χ1v) is 6.01. The third-order valence-electron chi connectivity index (χ3n) is 3.03. The average molecular weight is 253 g/mol. The van der Waals surface area contributed by atoms with Crippen LogP contribution in [0.25, 0.3) is 0 Å². The highest BCUT2D eigenvalue weighted by atomic mass is 35.5. The van der Waals surface area contributed by atoms with E-state index in [9.17, 15) is 0 Å². The molecule has 0 aliphatic carbocycles. The van der Waals surface area contributed by atoms with Crippen LogP contribution in [0.3, 0.4) is 0 Å². The molecule has 0 saturated carbocycles. The molecular weight excluding hydrogens is 236 g/mol. The fourth-order valence-corrected chi connectivity index (χ4v) is 1.63. The summed E-state index contributed by atoms with van der Waals surface area (Å²) in [6.45, 7) is 4.68. The summed E-state index contributed by atoms with van der Waals surface area (Å²) < 4.78 is 0. The Morgan fingerprint density at radius 1 is 1.53 bits per heavy atom. The molecule has 1 rings (SSSR count). The first-order chi connectivity index (χ1) is 8.06. The Morgan fingerprint density at radius 2 is 2.18 bits per heavy atom. The van der Waals surface area contributed by atoms with Gasteiger partial charge in [-0.1, -0.05) is 25.4 Å². The van der Waals surface area contributed by atoms with Crippen LogP contribution in [0.5, 0.6) is 0 Å². The van der Waals surface area contributed by atoms with E-state index in [1.54, 1.807) is 12.3 Å². The molecule has 5 heteroatoms. The van der Waals surface area contributed by atoms with Crippen molar-refractivity contribution < 1.29 is 0 Å². The van der Waals surface area contributed by atoms with Crippen LogP contribution in [0.4, 0.5) is 5.82 Å². The number of pyridine rings is 1. The lowest BCUT2D eigenvalue weighted by molar-refractivity contribution is 0.418. The monoisotopic (exact) mass is 252 g/mol. The molecular formula is C12H17ClN4. The molecule has 3 N–H and O–H groups in total. The van der Waals surface area contributed by atoms with Gasteiger partial charge in [-0.3, -0.25) is 0 Å². The standard InChI is InChI=1S/C12H17ClN4/c1-3-12(15,4-2)8-17-11-10(13)9(7-14)5-6-16-11/h5-6H,3-4,8,15H2,1-2H3,(H,16,17). The minimum Gasteiger partial charge on any atom is -0.367 e. The lowest BCUT2D eigenvalue weighted by Gasteiger charge is -2.27. The zero-order valence-corrected chi connectivity index (χ0v) is 10.9. The fourth-order valence-electron chi connectivity index (χ4n) is 1.41. The molecule has 0 aromatic carbocycles. The number of nitrogens with zero attached hydrogens (tertiary/aromatic N) is 2. The maximum Gasteiger partial charge on any atom is 0.146 e. The average Bonchev–Trinajstić information content (AvgIpc) is 2.37. The minimum atomic E-state index is -0.270. The molecule has 0 atom stereocenters. The second-order valence-electron chi connectivity index (χ2n) is 4.06. The zero-order valence-electron chi connectivity index (χ0n) is 10.1. The van der Waals surface area contributed by atoms with Crippen molar-refractivity contribution in [2.75, 3.05) is 11.9 Å². The molecule has 17 heavy (non-hydrogen) atoms. The van der Waals surface area contributed by atoms with Crippen molar-refractivity contribution in [1.82, 2.24) is 4.98 Å². The van der Waals surface area contributed by atoms with Crippen LogP contribution in [-0.2, 0) is 0 Å². The van der Waals surface area contributed by atoms with Gasteiger partial charge in [0.05, 0.1) is 5.56 Å². The van der Waals surface area contributed by atoms with E-state index in [1.807, 2.05) is 19.9 Å². The number of nitrogens with one attached hydrogen (secondary N) is 1. The topological polar surface area (TPSA) is 74.7 Å². The quantitative estimate of drug-likeness (QED) is 0.845. The summed E-state index contributed by atoms with van der Waals surface area (Å²) in [4.78, 5) is 4.11. The lowest BCUT2D eigenvalue weighted by Crippen LogP contribution is -2.45. The molecule has 1 aromatic heterocycles. The smallest absolute Gasteiger partial charge is 0.146 e. The molecule has 0 fully saturated rings. The van der Waals surface area contributed by atoms with Crippen LogP contribution in [0.1, 0.15) is 32.3 Å². The number of halogens is 1. The Hall–Kier alpha value is -1.31. The normalized spacial score (nSPS) is 11.0. The number of hydrogen-bond acceptors (Lipinski definition) is 4. The van der Waals surface area contributed by atoms with E-state index in [2.05, 4.69) is 10.3 Å². The molecule has 1 heterocycles. The highest BCUT2D eigenvalue weighted by Gasteiger charge is 2.20. The van der Waals surface area contributed by atoms with Crippen LogP contribution in [0.15, 0.2) is 12.3 Å². The molecule has 0 bridgehead atoms. The summed E-state index contributed by atoms with van der Waals surface area (Å²) in [5.74, 6) is 0.516. The number of rotatable bonds is 5. The second-order valence-corrected chi connectivity index (χ2v) is 4.43. The van der Waals surface area contributed by atoms with E-state index in [0.717, 1.165) is 12.8 Å². The highest BCUT2D eigenvalue weighted by molar-refractivity contribution is 6.34. The summed E-state index contributed by atoms with van der Waals surface area (Å²) in [6, 6.07) is 3.60. The van der Waals surface area contributed by atoms with Gasteiger partial charge in [0.1, 0.15) is 16.9 Å². The maximum absolute atomic E-state index is 8.85. The van der Waals surface area contributed by atoms with E-state index in [0.29, 0.717) is 22.9 Å². The molecule has 0 saturated heterocycles. The van der Waals surface area contributed by atoms with Gasteiger partial charge in [0.15, 0.2) is 0 Å². The lowest BCUT2D eigenvalue weighted by atomic mass is 9.94. The Bertz CT molecular complexity index is 421. The van der Waals surface area contributed by atoms with Crippen molar-refractivity contribution >= 4 is 17.4 Å². The van der Waals surface area contributed by atoms with Gasteiger partial charge in [0.2, 0.25) is 0 Å². The molecule has 0 aliphatic heterocycles. The summed E-state index contributed by atoms with van der Waals surface area (Å²) in [5.41, 5.74) is 6.31. The molecule has 92 valence electrons.